The average molecular weight is 422 g/mol. The van der Waals surface area contributed by atoms with Crippen LogP contribution in [-0.2, 0) is 9.53 Å². The van der Waals surface area contributed by atoms with Gasteiger partial charge < -0.3 is 10.1 Å². The molecule has 0 fully saturated rings. The zero-order valence-electron chi connectivity index (χ0n) is 15.2. The largest absolute Gasteiger partial charge is 0.451 e. The van der Waals surface area contributed by atoms with Gasteiger partial charge in [-0.15, -0.1) is 22.7 Å². The van der Waals surface area contributed by atoms with Gasteiger partial charge in [-0.3, -0.25) is 4.79 Å². The molecular weight excluding hydrogens is 408 g/mol. The van der Waals surface area contributed by atoms with Crippen molar-refractivity contribution in [2.45, 2.75) is 6.92 Å². The van der Waals surface area contributed by atoms with Crippen LogP contribution < -0.4 is 5.32 Å². The molecule has 0 saturated heterocycles. The molecule has 29 heavy (non-hydrogen) atoms. The summed E-state index contributed by atoms with van der Waals surface area (Å²) >= 11 is 2.50. The summed E-state index contributed by atoms with van der Waals surface area (Å²) in [6.45, 7) is 1.45. The molecule has 4 rings (SSSR count). The summed E-state index contributed by atoms with van der Waals surface area (Å²) in [5, 5.41) is 19.1. The van der Waals surface area contributed by atoms with Gasteiger partial charge in [0.05, 0.1) is 16.9 Å². The molecule has 7 nitrogen and oxygen atoms in total. The summed E-state index contributed by atoms with van der Waals surface area (Å²) in [6, 6.07) is 15.0. The minimum atomic E-state index is -0.577. The van der Waals surface area contributed by atoms with Crippen molar-refractivity contribution in [3.63, 3.8) is 0 Å². The number of nitriles is 1. The van der Waals surface area contributed by atoms with Crippen LogP contribution in [0.15, 0.2) is 47.8 Å². The third-order valence-electron chi connectivity index (χ3n) is 4.12. The fourth-order valence-electron chi connectivity index (χ4n) is 2.75. The molecular formula is C20H14N4O3S2. The van der Waals surface area contributed by atoms with Crippen molar-refractivity contribution < 1.29 is 14.3 Å². The van der Waals surface area contributed by atoms with Gasteiger partial charge in [0, 0.05) is 5.39 Å². The Morgan fingerprint density at radius 1 is 1.28 bits per heavy atom. The van der Waals surface area contributed by atoms with Crippen molar-refractivity contribution in [1.82, 2.24) is 9.78 Å². The van der Waals surface area contributed by atoms with Crippen LogP contribution in [0.25, 0.3) is 15.9 Å². The highest BCUT2D eigenvalue weighted by molar-refractivity contribution is 7.20. The Balaban J connectivity index is 1.48. The summed E-state index contributed by atoms with van der Waals surface area (Å²) in [5.41, 5.74) is 2.08. The minimum absolute atomic E-state index is 0.375. The second-order valence-corrected chi connectivity index (χ2v) is 8.01. The zero-order chi connectivity index (χ0) is 20.4. The van der Waals surface area contributed by atoms with Gasteiger partial charge in [-0.1, -0.05) is 18.2 Å². The first kappa shape index (κ1) is 18.9. The Labute approximate surface area is 173 Å². The van der Waals surface area contributed by atoms with Crippen molar-refractivity contribution >= 4 is 49.8 Å². The number of benzene rings is 1. The lowest BCUT2D eigenvalue weighted by Crippen LogP contribution is -2.20. The molecule has 1 amide bonds. The van der Waals surface area contributed by atoms with Crippen LogP contribution in [0.5, 0.6) is 0 Å². The van der Waals surface area contributed by atoms with Crippen molar-refractivity contribution in [3.8, 4) is 11.8 Å². The summed E-state index contributed by atoms with van der Waals surface area (Å²) in [7, 11) is 0. The molecule has 3 heterocycles. The fraction of sp³-hybridized carbons (Fsp3) is 0.100. The second-order valence-electron chi connectivity index (χ2n) is 6.06. The maximum Gasteiger partial charge on any atom is 0.348 e. The molecule has 1 N–H and O–H groups in total. The molecule has 0 saturated carbocycles. The summed E-state index contributed by atoms with van der Waals surface area (Å²) in [5.74, 6) is -1.07. The van der Waals surface area contributed by atoms with E-state index in [4.69, 9.17) is 10.00 Å². The number of carbonyl (C=O) groups is 2. The topological polar surface area (TPSA) is 97.0 Å². The monoisotopic (exact) mass is 422 g/mol. The number of aromatic nitrogens is 2. The number of hydrogen-bond acceptors (Lipinski definition) is 7. The Kier molecular flexibility index (Phi) is 5.12. The Bertz CT molecular complexity index is 1250. The number of esters is 1. The number of nitrogens with one attached hydrogen (secondary N) is 1. The molecule has 144 valence electrons. The Morgan fingerprint density at radius 3 is 2.83 bits per heavy atom. The van der Waals surface area contributed by atoms with Crippen LogP contribution in [0.3, 0.4) is 0 Å². The normalized spacial score (nSPS) is 10.6. The predicted molar refractivity (Wildman–Crippen MR) is 112 cm³/mol. The molecule has 0 unspecified atom stereocenters. The highest BCUT2D eigenvalue weighted by Gasteiger charge is 2.19. The smallest absolute Gasteiger partial charge is 0.348 e. The fourth-order valence-corrected chi connectivity index (χ4v) is 4.58. The summed E-state index contributed by atoms with van der Waals surface area (Å²) < 4.78 is 6.94. The quantitative estimate of drug-likeness (QED) is 0.488. The van der Waals surface area contributed by atoms with Gasteiger partial charge >= 0.3 is 5.97 Å². The Morgan fingerprint density at radius 2 is 2.07 bits per heavy atom. The van der Waals surface area contributed by atoms with Crippen LogP contribution in [0.4, 0.5) is 5.00 Å². The van der Waals surface area contributed by atoms with Crippen LogP contribution in [-0.4, -0.2) is 28.3 Å². The van der Waals surface area contributed by atoms with E-state index < -0.39 is 18.5 Å². The first-order chi connectivity index (χ1) is 14.1. The van der Waals surface area contributed by atoms with Crippen molar-refractivity contribution in [1.29, 1.82) is 5.26 Å². The molecule has 0 aliphatic rings. The maximum atomic E-state index is 12.4. The van der Waals surface area contributed by atoms with Gasteiger partial charge in [-0.25, -0.2) is 9.48 Å². The van der Waals surface area contributed by atoms with Gasteiger partial charge in [-0.05, 0) is 36.6 Å². The third-order valence-corrected chi connectivity index (χ3v) is 6.04. The number of thiophene rings is 2. The number of rotatable bonds is 5. The molecule has 4 aromatic rings. The van der Waals surface area contributed by atoms with E-state index in [1.165, 1.54) is 22.7 Å². The van der Waals surface area contributed by atoms with E-state index in [0.717, 1.165) is 21.6 Å². The molecule has 0 atom stereocenters. The number of aryl methyl sites for hydroxylation is 1. The van der Waals surface area contributed by atoms with Crippen molar-refractivity contribution in [3.05, 3.63) is 64.0 Å². The van der Waals surface area contributed by atoms with Crippen LogP contribution >= 0.6 is 22.7 Å². The van der Waals surface area contributed by atoms with Crippen molar-refractivity contribution in [2.75, 3.05) is 11.9 Å². The number of fused-ring (bicyclic) bond motifs is 1. The van der Waals surface area contributed by atoms with Crippen LogP contribution in [0, 0.1) is 18.3 Å². The number of para-hydroxylation sites is 1. The predicted octanol–water partition coefficient (Wildman–Crippen LogP) is 4.12. The molecule has 1 aromatic carbocycles. The lowest BCUT2D eigenvalue weighted by atomic mass is 10.3. The van der Waals surface area contributed by atoms with E-state index in [1.807, 2.05) is 43.3 Å². The molecule has 0 aliphatic heterocycles. The molecule has 0 bridgehead atoms. The van der Waals surface area contributed by atoms with Crippen molar-refractivity contribution in [2.24, 2.45) is 0 Å². The average Bonchev–Trinajstić information content (AvgIpc) is 3.43. The van der Waals surface area contributed by atoms with E-state index in [9.17, 15) is 9.59 Å². The first-order valence-corrected chi connectivity index (χ1v) is 10.3. The van der Waals surface area contributed by atoms with Gasteiger partial charge in [0.1, 0.15) is 20.8 Å². The number of hydrogen-bond donors (Lipinski definition) is 1. The van der Waals surface area contributed by atoms with Gasteiger partial charge in [0.25, 0.3) is 5.91 Å². The number of nitrogens with zero attached hydrogens (tertiary/aromatic N) is 3. The van der Waals surface area contributed by atoms with E-state index >= 15 is 0 Å². The number of amides is 1. The summed E-state index contributed by atoms with van der Waals surface area (Å²) in [4.78, 5) is 25.7. The van der Waals surface area contributed by atoms with E-state index in [-0.39, 0.29) is 0 Å². The number of carbonyl (C=O) groups excluding carboxylic acids is 2. The lowest BCUT2D eigenvalue weighted by Gasteiger charge is -2.04. The van der Waals surface area contributed by atoms with E-state index in [2.05, 4.69) is 10.4 Å². The maximum absolute atomic E-state index is 12.4. The standard InChI is InChI=1S/C20H14N4O3S2/c1-12-15-9-16(29-19(15)24(23-12)14-5-3-2-4-6-14)20(26)27-11-17(25)22-18-13(10-21)7-8-28-18/h2-9H,11H2,1H3,(H,22,25). The molecule has 3 aromatic heterocycles. The van der Waals surface area contributed by atoms with Crippen LogP contribution in [0.2, 0.25) is 0 Å². The van der Waals surface area contributed by atoms with Gasteiger partial charge in [0.15, 0.2) is 6.61 Å². The van der Waals surface area contributed by atoms with E-state index in [1.54, 1.807) is 22.2 Å². The zero-order valence-corrected chi connectivity index (χ0v) is 16.8. The molecule has 0 spiro atoms. The SMILES string of the molecule is Cc1nn(-c2ccccc2)c2sc(C(=O)OCC(=O)Nc3sccc3C#N)cc12. The third kappa shape index (κ3) is 3.76. The first-order valence-electron chi connectivity index (χ1n) is 8.56. The molecule has 0 aliphatic carbocycles. The molecule has 0 radical (unpaired) electrons. The molecule has 9 heteroatoms. The Hall–Kier alpha value is -3.48. The highest BCUT2D eigenvalue weighted by atomic mass is 32.1. The number of ether oxygens (including phenoxy) is 1. The van der Waals surface area contributed by atoms with Gasteiger partial charge in [-0.2, -0.15) is 10.4 Å². The number of anilines is 1. The lowest BCUT2D eigenvalue weighted by molar-refractivity contribution is -0.119. The second kappa shape index (κ2) is 7.87. The van der Waals surface area contributed by atoms with Gasteiger partial charge in [0.2, 0.25) is 0 Å². The van der Waals surface area contributed by atoms with Crippen LogP contribution in [0.1, 0.15) is 20.9 Å². The minimum Gasteiger partial charge on any atom is -0.451 e. The highest BCUT2D eigenvalue weighted by Crippen LogP contribution is 2.30. The van der Waals surface area contributed by atoms with E-state index in [0.29, 0.717) is 15.4 Å². The summed E-state index contributed by atoms with van der Waals surface area (Å²) in [6.07, 6.45) is 0.